The van der Waals surface area contributed by atoms with Gasteiger partial charge in [-0.05, 0) is 32.9 Å². The lowest BCUT2D eigenvalue weighted by atomic mass is 10.2. The minimum absolute atomic E-state index is 0.112. The number of phenols is 1. The standard InChI is InChI=1S/C15H20Cl2N2O3/c1-15(2,3)22-14(21)19-6-4-18(5-7-19)10-8-11(16)13(20)12(17)9-10/h8-9,20H,4-7H2,1-3H3. The third kappa shape index (κ3) is 4.11. The Hall–Kier alpha value is -1.33. The number of anilines is 1. The average molecular weight is 347 g/mol. The second kappa shape index (κ2) is 6.42. The van der Waals surface area contributed by atoms with Gasteiger partial charge >= 0.3 is 6.09 Å². The van der Waals surface area contributed by atoms with Gasteiger partial charge in [-0.15, -0.1) is 0 Å². The molecular weight excluding hydrogens is 327 g/mol. The zero-order valence-corrected chi connectivity index (χ0v) is 14.4. The van der Waals surface area contributed by atoms with Crippen molar-refractivity contribution in [1.29, 1.82) is 0 Å². The molecule has 1 saturated heterocycles. The summed E-state index contributed by atoms with van der Waals surface area (Å²) in [5.41, 5.74) is 0.336. The van der Waals surface area contributed by atoms with Gasteiger partial charge in [0.25, 0.3) is 0 Å². The van der Waals surface area contributed by atoms with Crippen molar-refractivity contribution in [3.05, 3.63) is 22.2 Å². The molecule has 1 aliphatic rings. The van der Waals surface area contributed by atoms with Crippen molar-refractivity contribution in [2.75, 3.05) is 31.1 Å². The summed E-state index contributed by atoms with van der Waals surface area (Å²) in [7, 11) is 0. The van der Waals surface area contributed by atoms with Crippen LogP contribution in [0.4, 0.5) is 10.5 Å². The van der Waals surface area contributed by atoms with E-state index in [4.69, 9.17) is 27.9 Å². The zero-order valence-electron chi connectivity index (χ0n) is 12.9. The Morgan fingerprint density at radius 2 is 1.64 bits per heavy atom. The molecule has 1 N–H and O–H groups in total. The van der Waals surface area contributed by atoms with E-state index in [0.29, 0.717) is 26.2 Å². The number of halogens is 2. The van der Waals surface area contributed by atoms with Gasteiger partial charge in [0.15, 0.2) is 5.75 Å². The number of rotatable bonds is 1. The summed E-state index contributed by atoms with van der Waals surface area (Å²) >= 11 is 11.9. The molecule has 2 rings (SSSR count). The van der Waals surface area contributed by atoms with Crippen molar-refractivity contribution >= 4 is 35.0 Å². The molecule has 0 atom stereocenters. The quantitative estimate of drug-likeness (QED) is 0.841. The monoisotopic (exact) mass is 346 g/mol. The number of aromatic hydroxyl groups is 1. The maximum Gasteiger partial charge on any atom is 0.410 e. The molecule has 1 aromatic carbocycles. The summed E-state index contributed by atoms with van der Waals surface area (Å²) in [6.45, 7) is 7.97. The van der Waals surface area contributed by atoms with Crippen molar-refractivity contribution in [1.82, 2.24) is 4.90 Å². The summed E-state index contributed by atoms with van der Waals surface area (Å²) in [4.78, 5) is 15.8. The van der Waals surface area contributed by atoms with Crippen LogP contribution < -0.4 is 4.90 Å². The molecule has 0 aliphatic carbocycles. The van der Waals surface area contributed by atoms with Gasteiger partial charge in [-0.3, -0.25) is 0 Å². The molecule has 0 saturated carbocycles. The number of amides is 1. The second-order valence-corrected chi connectivity index (χ2v) is 7.03. The molecule has 1 amide bonds. The molecule has 0 bridgehead atoms. The fourth-order valence-corrected chi connectivity index (χ4v) is 2.68. The molecule has 5 nitrogen and oxygen atoms in total. The number of carbonyl (C=O) groups excluding carboxylic acids is 1. The van der Waals surface area contributed by atoms with E-state index in [-0.39, 0.29) is 21.9 Å². The first-order chi connectivity index (χ1) is 10.2. The van der Waals surface area contributed by atoms with E-state index in [1.165, 1.54) is 0 Å². The zero-order chi connectivity index (χ0) is 16.5. The first-order valence-electron chi connectivity index (χ1n) is 7.08. The molecular formula is C15H20Cl2N2O3. The highest BCUT2D eigenvalue weighted by Crippen LogP contribution is 2.36. The molecule has 1 aromatic rings. The lowest BCUT2D eigenvalue weighted by molar-refractivity contribution is 0.0240. The smallest absolute Gasteiger partial charge is 0.410 e. The Labute approximate surface area is 140 Å². The van der Waals surface area contributed by atoms with Crippen LogP contribution in [-0.4, -0.2) is 47.9 Å². The van der Waals surface area contributed by atoms with Gasteiger partial charge in [0, 0.05) is 31.9 Å². The SMILES string of the molecule is CC(C)(C)OC(=O)N1CCN(c2cc(Cl)c(O)c(Cl)c2)CC1. The maximum atomic E-state index is 12.0. The van der Waals surface area contributed by atoms with Crippen LogP contribution in [0.15, 0.2) is 12.1 Å². The van der Waals surface area contributed by atoms with E-state index >= 15 is 0 Å². The Bertz CT molecular complexity index is 541. The minimum atomic E-state index is -0.494. The summed E-state index contributed by atoms with van der Waals surface area (Å²) < 4.78 is 5.37. The van der Waals surface area contributed by atoms with Gasteiger partial charge in [0.05, 0.1) is 10.0 Å². The van der Waals surface area contributed by atoms with E-state index in [9.17, 15) is 9.90 Å². The molecule has 1 aliphatic heterocycles. The Balaban J connectivity index is 1.99. The van der Waals surface area contributed by atoms with Crippen LogP contribution in [-0.2, 0) is 4.74 Å². The van der Waals surface area contributed by atoms with E-state index < -0.39 is 5.60 Å². The minimum Gasteiger partial charge on any atom is -0.505 e. The largest absolute Gasteiger partial charge is 0.505 e. The van der Waals surface area contributed by atoms with E-state index in [1.807, 2.05) is 20.8 Å². The highest BCUT2D eigenvalue weighted by molar-refractivity contribution is 6.37. The van der Waals surface area contributed by atoms with Crippen molar-refractivity contribution in [2.45, 2.75) is 26.4 Å². The fraction of sp³-hybridized carbons (Fsp3) is 0.533. The molecule has 7 heteroatoms. The van der Waals surface area contributed by atoms with Crippen LogP contribution in [0.2, 0.25) is 10.0 Å². The van der Waals surface area contributed by atoms with E-state index in [2.05, 4.69) is 4.90 Å². The number of hydrogen-bond donors (Lipinski definition) is 1. The van der Waals surface area contributed by atoms with Gasteiger partial charge in [-0.25, -0.2) is 4.79 Å². The molecule has 0 radical (unpaired) electrons. The molecule has 0 spiro atoms. The Morgan fingerprint density at radius 1 is 1.14 bits per heavy atom. The molecule has 1 heterocycles. The van der Waals surface area contributed by atoms with Crippen LogP contribution in [0, 0.1) is 0 Å². The Morgan fingerprint density at radius 3 is 2.09 bits per heavy atom. The molecule has 22 heavy (non-hydrogen) atoms. The highest BCUT2D eigenvalue weighted by atomic mass is 35.5. The van der Waals surface area contributed by atoms with Crippen molar-refractivity contribution in [3.63, 3.8) is 0 Å². The lowest BCUT2D eigenvalue weighted by Gasteiger charge is -2.36. The third-order valence-electron chi connectivity index (χ3n) is 3.30. The summed E-state index contributed by atoms with van der Waals surface area (Å²) in [5.74, 6) is -0.112. The first-order valence-corrected chi connectivity index (χ1v) is 7.84. The lowest BCUT2D eigenvalue weighted by Crippen LogP contribution is -2.50. The molecule has 0 unspecified atom stereocenters. The number of piperazine rings is 1. The van der Waals surface area contributed by atoms with Gasteiger partial charge in [0.2, 0.25) is 0 Å². The normalized spacial score (nSPS) is 15.9. The number of benzene rings is 1. The fourth-order valence-electron chi connectivity index (χ4n) is 2.21. The number of phenolic OH excluding ortho intramolecular Hbond substituents is 1. The number of ether oxygens (including phenoxy) is 1. The van der Waals surface area contributed by atoms with Crippen LogP contribution in [0.3, 0.4) is 0 Å². The number of nitrogens with zero attached hydrogens (tertiary/aromatic N) is 2. The van der Waals surface area contributed by atoms with Gasteiger partial charge in [-0.2, -0.15) is 0 Å². The average Bonchev–Trinajstić information content (AvgIpc) is 2.42. The molecule has 122 valence electrons. The predicted octanol–water partition coefficient (Wildman–Crippen LogP) is 3.76. The topological polar surface area (TPSA) is 53.0 Å². The second-order valence-electron chi connectivity index (χ2n) is 6.21. The van der Waals surface area contributed by atoms with Gasteiger partial charge in [-0.1, -0.05) is 23.2 Å². The van der Waals surface area contributed by atoms with Crippen molar-refractivity contribution in [2.24, 2.45) is 0 Å². The van der Waals surface area contributed by atoms with Crippen molar-refractivity contribution in [3.8, 4) is 5.75 Å². The number of carbonyl (C=O) groups is 1. The maximum absolute atomic E-state index is 12.0. The highest BCUT2D eigenvalue weighted by Gasteiger charge is 2.26. The number of hydrogen-bond acceptors (Lipinski definition) is 4. The van der Waals surface area contributed by atoms with E-state index in [1.54, 1.807) is 17.0 Å². The van der Waals surface area contributed by atoms with E-state index in [0.717, 1.165) is 5.69 Å². The van der Waals surface area contributed by atoms with Gasteiger partial charge < -0.3 is 19.6 Å². The van der Waals surface area contributed by atoms with Gasteiger partial charge in [0.1, 0.15) is 5.60 Å². The summed E-state index contributed by atoms with van der Waals surface area (Å²) in [5, 5.41) is 10.0. The van der Waals surface area contributed by atoms with Crippen LogP contribution >= 0.6 is 23.2 Å². The summed E-state index contributed by atoms with van der Waals surface area (Å²) in [6.07, 6.45) is -0.297. The predicted molar refractivity (Wildman–Crippen MR) is 88.1 cm³/mol. The Kier molecular flexibility index (Phi) is 4.97. The third-order valence-corrected chi connectivity index (χ3v) is 3.87. The molecule has 0 aromatic heterocycles. The summed E-state index contributed by atoms with van der Waals surface area (Å²) in [6, 6.07) is 3.35. The first kappa shape index (κ1) is 17.0. The van der Waals surface area contributed by atoms with Crippen LogP contribution in [0.25, 0.3) is 0 Å². The van der Waals surface area contributed by atoms with Crippen molar-refractivity contribution < 1.29 is 14.6 Å². The molecule has 1 fully saturated rings. The van der Waals surface area contributed by atoms with Crippen LogP contribution in [0.1, 0.15) is 20.8 Å². The van der Waals surface area contributed by atoms with Crippen LogP contribution in [0.5, 0.6) is 5.75 Å².